The second kappa shape index (κ2) is 7.59. The molecule has 8 heteroatoms. The fourth-order valence-corrected chi connectivity index (χ4v) is 5.68. The van der Waals surface area contributed by atoms with Crippen LogP contribution >= 0.6 is 11.9 Å². The van der Waals surface area contributed by atoms with Gasteiger partial charge in [-0.15, -0.1) is 0 Å². The summed E-state index contributed by atoms with van der Waals surface area (Å²) < 4.78 is 30.7. The predicted molar refractivity (Wildman–Crippen MR) is 126 cm³/mol. The second-order valence-corrected chi connectivity index (χ2v) is 9.45. The molecule has 0 atom stereocenters. The number of carbonyl (C=O) groups is 1. The molecule has 33 heavy (non-hydrogen) atoms. The summed E-state index contributed by atoms with van der Waals surface area (Å²) >= 11 is 1.08. The Morgan fingerprint density at radius 2 is 1.88 bits per heavy atom. The summed E-state index contributed by atoms with van der Waals surface area (Å²) in [7, 11) is 0. The summed E-state index contributed by atoms with van der Waals surface area (Å²) in [4.78, 5) is 20.9. The van der Waals surface area contributed by atoms with Crippen molar-refractivity contribution in [1.29, 1.82) is 0 Å². The SMILES string of the molecule is O=C1Nc2c(-c3ccc4nc[nH]c4c3)cc(NSc3ccc(F)cc3F)cc2C12CCCC2. The number of imidazole rings is 1. The van der Waals surface area contributed by atoms with Crippen molar-refractivity contribution in [2.45, 2.75) is 36.0 Å². The number of hydrogen-bond acceptors (Lipinski definition) is 4. The molecule has 1 spiro atoms. The molecule has 4 aromatic rings. The van der Waals surface area contributed by atoms with E-state index in [1.165, 1.54) is 12.1 Å². The molecular formula is C25H20F2N4OS. The lowest BCUT2D eigenvalue weighted by molar-refractivity contribution is -0.120. The smallest absolute Gasteiger partial charge is 0.235 e. The van der Waals surface area contributed by atoms with Crippen LogP contribution in [-0.4, -0.2) is 15.9 Å². The van der Waals surface area contributed by atoms with E-state index in [4.69, 9.17) is 0 Å². The maximum Gasteiger partial charge on any atom is 0.235 e. The van der Waals surface area contributed by atoms with Crippen LogP contribution in [0, 0.1) is 11.6 Å². The van der Waals surface area contributed by atoms with Gasteiger partial charge in [-0.3, -0.25) is 4.79 Å². The monoisotopic (exact) mass is 462 g/mol. The van der Waals surface area contributed by atoms with Crippen LogP contribution in [0.25, 0.3) is 22.2 Å². The van der Waals surface area contributed by atoms with Gasteiger partial charge in [0.25, 0.3) is 0 Å². The highest BCUT2D eigenvalue weighted by molar-refractivity contribution is 8.00. The van der Waals surface area contributed by atoms with E-state index in [2.05, 4.69) is 20.0 Å². The van der Waals surface area contributed by atoms with E-state index in [9.17, 15) is 13.6 Å². The van der Waals surface area contributed by atoms with Gasteiger partial charge in [0.15, 0.2) is 0 Å². The number of carbonyl (C=O) groups excluding carboxylic acids is 1. The summed E-state index contributed by atoms with van der Waals surface area (Å²) in [6, 6.07) is 13.4. The molecule has 0 radical (unpaired) electrons. The molecule has 166 valence electrons. The van der Waals surface area contributed by atoms with Crippen LogP contribution in [0.5, 0.6) is 0 Å². The Balaban J connectivity index is 1.46. The van der Waals surface area contributed by atoms with Gasteiger partial charge < -0.3 is 15.0 Å². The van der Waals surface area contributed by atoms with E-state index in [1.807, 2.05) is 30.3 Å². The molecule has 1 amide bonds. The van der Waals surface area contributed by atoms with Crippen LogP contribution < -0.4 is 10.0 Å². The van der Waals surface area contributed by atoms with E-state index < -0.39 is 17.0 Å². The predicted octanol–water partition coefficient (Wildman–Crippen LogP) is 6.39. The molecule has 1 aliphatic heterocycles. The van der Waals surface area contributed by atoms with Crippen molar-refractivity contribution >= 4 is 40.3 Å². The number of nitrogens with zero attached hydrogens (tertiary/aromatic N) is 1. The molecule has 2 aliphatic rings. The summed E-state index contributed by atoms with van der Waals surface area (Å²) in [6.45, 7) is 0. The minimum Gasteiger partial charge on any atom is -0.345 e. The molecule has 3 aromatic carbocycles. The molecule has 5 nitrogen and oxygen atoms in total. The topological polar surface area (TPSA) is 69.8 Å². The summed E-state index contributed by atoms with van der Waals surface area (Å²) in [5.74, 6) is -1.19. The van der Waals surface area contributed by atoms with Gasteiger partial charge in [-0.1, -0.05) is 18.9 Å². The number of nitrogens with one attached hydrogen (secondary N) is 3. The molecule has 2 heterocycles. The molecule has 6 rings (SSSR count). The van der Waals surface area contributed by atoms with Crippen LogP contribution in [0.3, 0.4) is 0 Å². The first kappa shape index (κ1) is 20.2. The minimum atomic E-state index is -0.623. The largest absolute Gasteiger partial charge is 0.345 e. The van der Waals surface area contributed by atoms with Crippen molar-refractivity contribution < 1.29 is 13.6 Å². The zero-order chi connectivity index (χ0) is 22.6. The van der Waals surface area contributed by atoms with Crippen molar-refractivity contribution in [3.8, 4) is 11.1 Å². The fraction of sp³-hybridized carbons (Fsp3) is 0.200. The Morgan fingerprint density at radius 1 is 1.03 bits per heavy atom. The summed E-state index contributed by atoms with van der Waals surface area (Å²) in [5, 5.41) is 3.15. The number of rotatable bonds is 4. The molecule has 0 bridgehead atoms. The maximum absolute atomic E-state index is 14.2. The molecule has 1 aromatic heterocycles. The standard InChI is InChI=1S/C25H20F2N4OS/c26-15-4-6-22(19(27)10-15)33-31-16-11-17(14-3-5-20-21(9-14)29-13-28-20)23-18(12-16)25(24(32)30-23)7-1-2-8-25/h3-6,9-13,31H,1-2,7-8H2,(H,28,29)(H,30,32). The number of benzene rings is 3. The van der Waals surface area contributed by atoms with Gasteiger partial charge in [-0.2, -0.15) is 0 Å². The van der Waals surface area contributed by atoms with Crippen molar-refractivity contribution in [3.05, 3.63) is 72.1 Å². The number of aromatic amines is 1. The van der Waals surface area contributed by atoms with Gasteiger partial charge in [0.2, 0.25) is 5.91 Å². The Labute approximate surface area is 193 Å². The number of H-pyrrole nitrogens is 1. The quantitative estimate of drug-likeness (QED) is 0.307. The lowest BCUT2D eigenvalue weighted by Gasteiger charge is -2.22. The maximum atomic E-state index is 14.2. The van der Waals surface area contributed by atoms with E-state index >= 15 is 0 Å². The molecule has 1 fully saturated rings. The first-order valence-electron chi connectivity index (χ1n) is 10.8. The molecule has 0 unspecified atom stereocenters. The average molecular weight is 463 g/mol. The number of amides is 1. The van der Waals surface area contributed by atoms with E-state index in [0.717, 1.165) is 82.8 Å². The van der Waals surface area contributed by atoms with Crippen LogP contribution in [0.2, 0.25) is 0 Å². The second-order valence-electron chi connectivity index (χ2n) is 8.60. The molecule has 1 aliphatic carbocycles. The first-order chi connectivity index (χ1) is 16.0. The van der Waals surface area contributed by atoms with Crippen molar-refractivity contribution in [3.63, 3.8) is 0 Å². The Bertz CT molecular complexity index is 1410. The Hall–Kier alpha value is -3.39. The van der Waals surface area contributed by atoms with Gasteiger partial charge in [0, 0.05) is 17.3 Å². The number of halogens is 2. The van der Waals surface area contributed by atoms with Gasteiger partial charge >= 0.3 is 0 Å². The van der Waals surface area contributed by atoms with Gasteiger partial charge in [0.05, 0.1) is 33.4 Å². The van der Waals surface area contributed by atoms with Gasteiger partial charge in [0.1, 0.15) is 11.6 Å². The average Bonchev–Trinajstić information content (AvgIpc) is 3.54. The molecule has 1 saturated carbocycles. The third-order valence-corrected chi connectivity index (χ3v) is 7.58. The van der Waals surface area contributed by atoms with Crippen molar-refractivity contribution in [2.24, 2.45) is 0 Å². The van der Waals surface area contributed by atoms with Gasteiger partial charge in [-0.25, -0.2) is 13.8 Å². The highest BCUT2D eigenvalue weighted by Gasteiger charge is 2.49. The highest BCUT2D eigenvalue weighted by atomic mass is 32.2. The van der Waals surface area contributed by atoms with Crippen LogP contribution in [0.4, 0.5) is 20.2 Å². The summed E-state index contributed by atoms with van der Waals surface area (Å²) in [5.41, 5.74) is 5.66. The highest BCUT2D eigenvalue weighted by Crippen LogP contribution is 2.52. The fourth-order valence-electron chi connectivity index (χ4n) is 5.05. The molecule has 0 saturated heterocycles. The first-order valence-corrected chi connectivity index (χ1v) is 11.7. The Morgan fingerprint density at radius 3 is 2.70 bits per heavy atom. The number of fused-ring (bicyclic) bond motifs is 3. The minimum absolute atomic E-state index is 0.0493. The van der Waals surface area contributed by atoms with Crippen LogP contribution in [0.15, 0.2) is 59.8 Å². The number of hydrogen-bond donors (Lipinski definition) is 3. The number of aromatic nitrogens is 2. The van der Waals surface area contributed by atoms with E-state index in [0.29, 0.717) is 4.90 Å². The third-order valence-electron chi connectivity index (χ3n) is 6.69. The van der Waals surface area contributed by atoms with Crippen molar-refractivity contribution in [2.75, 3.05) is 10.0 Å². The van der Waals surface area contributed by atoms with E-state index in [-0.39, 0.29) is 5.91 Å². The Kier molecular flexibility index (Phi) is 4.65. The molecule has 3 N–H and O–H groups in total. The zero-order valence-electron chi connectivity index (χ0n) is 17.5. The number of anilines is 2. The zero-order valence-corrected chi connectivity index (χ0v) is 18.4. The van der Waals surface area contributed by atoms with E-state index in [1.54, 1.807) is 6.33 Å². The lowest BCUT2D eigenvalue weighted by Crippen LogP contribution is -2.30. The lowest BCUT2D eigenvalue weighted by atomic mass is 9.79. The van der Waals surface area contributed by atoms with Gasteiger partial charge in [-0.05, 0) is 72.3 Å². The molecular weight excluding hydrogens is 442 g/mol. The summed E-state index contributed by atoms with van der Waals surface area (Å²) in [6.07, 6.45) is 5.30. The van der Waals surface area contributed by atoms with Crippen molar-refractivity contribution in [1.82, 2.24) is 9.97 Å². The normalized spacial score (nSPS) is 16.4. The third kappa shape index (κ3) is 3.28. The van der Waals surface area contributed by atoms with Crippen LogP contribution in [-0.2, 0) is 10.2 Å². The van der Waals surface area contributed by atoms with Crippen LogP contribution in [0.1, 0.15) is 31.2 Å².